The largest absolute Gasteiger partial charge is 0.487 e. The summed E-state index contributed by atoms with van der Waals surface area (Å²) < 4.78 is 22.4. The Balaban J connectivity index is 1.29. The van der Waals surface area contributed by atoms with Crippen LogP contribution >= 0.6 is 23.6 Å². The number of rotatable bonds is 9. The standard InChI is InChI=1S/C26H22FN5O2S2/c27-19-8-6-18(7-9-19)14-28-25(33)23(12-17-4-2-1-3-5-17)32-15-20(30-31-32)16-34-21-10-11-22-24(13-21)36-26(35)29-22/h1-11,13,15,23H,12,14,16H2,(H,28,33)(H,29,35)/t23-/m0/s1. The van der Waals surface area contributed by atoms with Gasteiger partial charge in [-0.2, -0.15) is 0 Å². The van der Waals surface area contributed by atoms with Crippen LogP contribution in [0.15, 0.2) is 79.0 Å². The van der Waals surface area contributed by atoms with Gasteiger partial charge in [0, 0.05) is 13.0 Å². The predicted octanol–water partition coefficient (Wildman–Crippen LogP) is 5.37. The van der Waals surface area contributed by atoms with Gasteiger partial charge in [-0.05, 0) is 53.7 Å². The first kappa shape index (κ1) is 23.8. The third-order valence-corrected chi connectivity index (χ3v) is 6.81. The molecular weight excluding hydrogens is 497 g/mol. The van der Waals surface area contributed by atoms with E-state index in [1.807, 2.05) is 48.5 Å². The van der Waals surface area contributed by atoms with Crippen LogP contribution in [-0.4, -0.2) is 25.9 Å². The third-order valence-electron chi connectivity index (χ3n) is 5.61. The fourth-order valence-corrected chi connectivity index (χ4v) is 4.90. The van der Waals surface area contributed by atoms with Crippen molar-refractivity contribution in [3.8, 4) is 5.75 Å². The molecule has 182 valence electrons. The molecule has 0 saturated carbocycles. The lowest BCUT2D eigenvalue weighted by atomic mass is 10.1. The molecule has 5 aromatic rings. The smallest absolute Gasteiger partial charge is 0.245 e. The molecule has 2 aromatic heterocycles. The summed E-state index contributed by atoms with van der Waals surface area (Å²) in [5.41, 5.74) is 3.37. The Morgan fingerprint density at radius 3 is 2.72 bits per heavy atom. The number of aromatic amines is 1. The van der Waals surface area contributed by atoms with Crippen LogP contribution in [0.4, 0.5) is 4.39 Å². The number of amides is 1. The highest BCUT2D eigenvalue weighted by Gasteiger charge is 2.23. The van der Waals surface area contributed by atoms with E-state index in [2.05, 4.69) is 20.6 Å². The van der Waals surface area contributed by atoms with Crippen LogP contribution in [0, 0.1) is 9.77 Å². The molecule has 0 fully saturated rings. The van der Waals surface area contributed by atoms with Crippen molar-refractivity contribution in [3.05, 3.63) is 106 Å². The minimum Gasteiger partial charge on any atom is -0.487 e. The van der Waals surface area contributed by atoms with Crippen molar-refractivity contribution in [1.82, 2.24) is 25.3 Å². The molecule has 0 saturated heterocycles. The maximum absolute atomic E-state index is 13.2. The van der Waals surface area contributed by atoms with Gasteiger partial charge < -0.3 is 15.0 Å². The van der Waals surface area contributed by atoms with E-state index < -0.39 is 6.04 Å². The highest BCUT2D eigenvalue weighted by Crippen LogP contribution is 2.25. The molecule has 0 bridgehead atoms. The van der Waals surface area contributed by atoms with Crippen molar-refractivity contribution < 1.29 is 13.9 Å². The van der Waals surface area contributed by atoms with Gasteiger partial charge in [0.2, 0.25) is 5.91 Å². The number of thiazole rings is 1. The first-order chi connectivity index (χ1) is 17.5. The normalized spacial score (nSPS) is 11.9. The first-order valence-electron chi connectivity index (χ1n) is 11.3. The zero-order chi connectivity index (χ0) is 24.9. The van der Waals surface area contributed by atoms with Crippen molar-refractivity contribution in [3.63, 3.8) is 0 Å². The predicted molar refractivity (Wildman–Crippen MR) is 139 cm³/mol. The molecule has 2 N–H and O–H groups in total. The average Bonchev–Trinajstić information content (AvgIpc) is 3.51. The fraction of sp³-hybridized carbons (Fsp3) is 0.154. The Kier molecular flexibility index (Phi) is 7.15. The van der Waals surface area contributed by atoms with E-state index in [0.29, 0.717) is 21.8 Å². The maximum atomic E-state index is 13.2. The van der Waals surface area contributed by atoms with Gasteiger partial charge in [0.1, 0.15) is 29.9 Å². The number of fused-ring (bicyclic) bond motifs is 1. The number of aromatic nitrogens is 4. The molecular formula is C26H22FN5O2S2. The van der Waals surface area contributed by atoms with Crippen LogP contribution in [0.5, 0.6) is 5.75 Å². The molecule has 0 aliphatic heterocycles. The van der Waals surface area contributed by atoms with Gasteiger partial charge in [-0.15, -0.1) is 16.4 Å². The highest BCUT2D eigenvalue weighted by atomic mass is 32.1. The zero-order valence-electron chi connectivity index (χ0n) is 19.1. The number of hydrogen-bond donors (Lipinski definition) is 2. The highest BCUT2D eigenvalue weighted by molar-refractivity contribution is 7.73. The second-order valence-corrected chi connectivity index (χ2v) is 9.92. The molecule has 10 heteroatoms. The van der Waals surface area contributed by atoms with Crippen LogP contribution in [-0.2, 0) is 24.4 Å². The summed E-state index contributed by atoms with van der Waals surface area (Å²) in [6.45, 7) is 0.486. The van der Waals surface area contributed by atoms with Gasteiger partial charge in [0.25, 0.3) is 0 Å². The van der Waals surface area contributed by atoms with E-state index in [4.69, 9.17) is 17.0 Å². The summed E-state index contributed by atoms with van der Waals surface area (Å²) in [5, 5.41) is 11.4. The Labute approximate surface area is 215 Å². The van der Waals surface area contributed by atoms with Crippen molar-refractivity contribution in [2.75, 3.05) is 0 Å². The summed E-state index contributed by atoms with van der Waals surface area (Å²) in [6, 6.07) is 20.9. The van der Waals surface area contributed by atoms with Crippen LogP contribution < -0.4 is 10.1 Å². The van der Waals surface area contributed by atoms with Gasteiger partial charge in [0.05, 0.1) is 16.4 Å². The summed E-state index contributed by atoms with van der Waals surface area (Å²) in [5.74, 6) is 0.169. The second-order valence-electron chi connectivity index (χ2n) is 8.20. The number of benzene rings is 3. The Morgan fingerprint density at radius 1 is 1.11 bits per heavy atom. The van der Waals surface area contributed by atoms with Crippen LogP contribution in [0.2, 0.25) is 0 Å². The van der Waals surface area contributed by atoms with E-state index >= 15 is 0 Å². The number of halogens is 1. The van der Waals surface area contributed by atoms with Gasteiger partial charge in [-0.3, -0.25) is 4.79 Å². The van der Waals surface area contributed by atoms with Crippen LogP contribution in [0.1, 0.15) is 22.9 Å². The lowest BCUT2D eigenvalue weighted by molar-refractivity contribution is -0.124. The number of carbonyl (C=O) groups excluding carboxylic acids is 1. The topological polar surface area (TPSA) is 84.8 Å². The molecule has 0 aliphatic carbocycles. The monoisotopic (exact) mass is 519 g/mol. The molecule has 36 heavy (non-hydrogen) atoms. The SMILES string of the molecule is O=C(NCc1ccc(F)cc1)[C@H](Cc1ccccc1)n1cc(COc2ccc3[nH]c(=S)sc3c2)nn1. The summed E-state index contributed by atoms with van der Waals surface area (Å²) in [7, 11) is 0. The molecule has 0 spiro atoms. The maximum Gasteiger partial charge on any atom is 0.245 e. The molecule has 5 rings (SSSR count). The Hall–Kier alpha value is -3.89. The van der Waals surface area contributed by atoms with Gasteiger partial charge in [-0.25, -0.2) is 9.07 Å². The molecule has 2 heterocycles. The number of nitrogens with one attached hydrogen (secondary N) is 2. The molecule has 0 aliphatic rings. The molecule has 0 unspecified atom stereocenters. The van der Waals surface area contributed by atoms with E-state index in [1.54, 1.807) is 23.0 Å². The van der Waals surface area contributed by atoms with Gasteiger partial charge in [-0.1, -0.05) is 47.7 Å². The second kappa shape index (κ2) is 10.8. The average molecular weight is 520 g/mol. The van der Waals surface area contributed by atoms with Crippen molar-refractivity contribution in [2.45, 2.75) is 25.6 Å². The van der Waals surface area contributed by atoms with Crippen LogP contribution in [0.25, 0.3) is 10.2 Å². The van der Waals surface area contributed by atoms with Crippen molar-refractivity contribution >= 4 is 39.7 Å². The third kappa shape index (κ3) is 5.84. The van der Waals surface area contributed by atoms with Gasteiger partial charge in [0.15, 0.2) is 3.95 Å². The number of carbonyl (C=O) groups is 1. The minimum atomic E-state index is -0.613. The van der Waals surface area contributed by atoms with Crippen molar-refractivity contribution in [2.24, 2.45) is 0 Å². The molecule has 3 aromatic carbocycles. The lowest BCUT2D eigenvalue weighted by Crippen LogP contribution is -2.34. The van der Waals surface area contributed by atoms with E-state index in [-0.39, 0.29) is 24.9 Å². The molecule has 7 nitrogen and oxygen atoms in total. The Morgan fingerprint density at radius 2 is 1.92 bits per heavy atom. The summed E-state index contributed by atoms with van der Waals surface area (Å²) >= 11 is 6.69. The number of nitrogens with zero attached hydrogens (tertiary/aromatic N) is 3. The Bertz CT molecular complexity index is 1530. The number of H-pyrrole nitrogens is 1. The number of hydrogen-bond acceptors (Lipinski definition) is 6. The van der Waals surface area contributed by atoms with E-state index in [9.17, 15) is 9.18 Å². The molecule has 1 amide bonds. The van der Waals surface area contributed by atoms with Gasteiger partial charge >= 0.3 is 0 Å². The summed E-state index contributed by atoms with van der Waals surface area (Å²) in [4.78, 5) is 16.3. The molecule has 0 radical (unpaired) electrons. The fourth-order valence-electron chi connectivity index (χ4n) is 3.76. The molecule has 1 atom stereocenters. The quantitative estimate of drug-likeness (QED) is 0.256. The minimum absolute atomic E-state index is 0.205. The van der Waals surface area contributed by atoms with E-state index in [1.165, 1.54) is 23.5 Å². The lowest BCUT2D eigenvalue weighted by Gasteiger charge is -2.17. The van der Waals surface area contributed by atoms with E-state index in [0.717, 1.165) is 21.3 Å². The number of ether oxygens (including phenoxy) is 1. The van der Waals surface area contributed by atoms with Crippen LogP contribution in [0.3, 0.4) is 0 Å². The zero-order valence-corrected chi connectivity index (χ0v) is 20.7. The first-order valence-corrected chi connectivity index (χ1v) is 12.5. The van der Waals surface area contributed by atoms with Crippen molar-refractivity contribution in [1.29, 1.82) is 0 Å². The summed E-state index contributed by atoms with van der Waals surface area (Å²) in [6.07, 6.45) is 2.17.